The van der Waals surface area contributed by atoms with Gasteiger partial charge in [0.15, 0.2) is 12.2 Å². The van der Waals surface area contributed by atoms with Crippen molar-refractivity contribution in [3.8, 4) is 0 Å². The maximum absolute atomic E-state index is 5.43. The molecule has 1 aromatic heterocycles. The highest BCUT2D eigenvalue weighted by atomic mass is 16.5. The van der Waals surface area contributed by atoms with Crippen molar-refractivity contribution in [2.75, 3.05) is 6.61 Å². The fraction of sp³-hybridized carbons (Fsp3) is 0.727. The van der Waals surface area contributed by atoms with E-state index >= 15 is 0 Å². The molecular weight excluding hydrogens is 192 g/mol. The zero-order valence-corrected chi connectivity index (χ0v) is 9.16. The SMILES string of the molecule is CCCOCc1ocnc1CNC1CC1. The molecule has 1 saturated carbocycles. The molecule has 15 heavy (non-hydrogen) atoms. The summed E-state index contributed by atoms with van der Waals surface area (Å²) in [5.41, 5.74) is 0.984. The summed E-state index contributed by atoms with van der Waals surface area (Å²) >= 11 is 0. The molecule has 0 saturated heterocycles. The van der Waals surface area contributed by atoms with E-state index in [2.05, 4.69) is 17.2 Å². The second kappa shape index (κ2) is 5.28. The van der Waals surface area contributed by atoms with Crippen molar-refractivity contribution >= 4 is 0 Å². The first-order valence-corrected chi connectivity index (χ1v) is 5.62. The zero-order valence-electron chi connectivity index (χ0n) is 9.16. The number of ether oxygens (including phenoxy) is 1. The molecule has 1 heterocycles. The monoisotopic (exact) mass is 210 g/mol. The van der Waals surface area contributed by atoms with Crippen LogP contribution in [0.3, 0.4) is 0 Å². The van der Waals surface area contributed by atoms with E-state index in [4.69, 9.17) is 9.15 Å². The van der Waals surface area contributed by atoms with Crippen LogP contribution in [0.5, 0.6) is 0 Å². The molecule has 1 aliphatic carbocycles. The Morgan fingerprint density at radius 1 is 1.60 bits per heavy atom. The van der Waals surface area contributed by atoms with Crippen LogP contribution in [-0.4, -0.2) is 17.6 Å². The smallest absolute Gasteiger partial charge is 0.181 e. The predicted octanol–water partition coefficient (Wildman–Crippen LogP) is 1.85. The molecule has 0 unspecified atom stereocenters. The number of aromatic nitrogens is 1. The minimum absolute atomic E-state index is 0.537. The van der Waals surface area contributed by atoms with Crippen LogP contribution in [0.15, 0.2) is 10.8 Å². The highest BCUT2D eigenvalue weighted by Crippen LogP contribution is 2.19. The molecule has 1 N–H and O–H groups in total. The average Bonchev–Trinajstić information content (AvgIpc) is 2.97. The van der Waals surface area contributed by atoms with Gasteiger partial charge in [-0.25, -0.2) is 4.98 Å². The van der Waals surface area contributed by atoms with E-state index < -0.39 is 0 Å². The lowest BCUT2D eigenvalue weighted by Gasteiger charge is -2.03. The van der Waals surface area contributed by atoms with Crippen LogP contribution in [0, 0.1) is 0 Å². The Kier molecular flexibility index (Phi) is 3.75. The molecule has 1 aliphatic rings. The lowest BCUT2D eigenvalue weighted by atomic mass is 10.3. The van der Waals surface area contributed by atoms with Gasteiger partial charge < -0.3 is 14.5 Å². The lowest BCUT2D eigenvalue weighted by Crippen LogP contribution is -2.16. The largest absolute Gasteiger partial charge is 0.446 e. The van der Waals surface area contributed by atoms with Crippen molar-refractivity contribution in [3.63, 3.8) is 0 Å². The summed E-state index contributed by atoms with van der Waals surface area (Å²) in [6.07, 6.45) is 5.11. The molecule has 0 atom stereocenters. The average molecular weight is 210 g/mol. The topological polar surface area (TPSA) is 47.3 Å². The van der Waals surface area contributed by atoms with Crippen molar-refractivity contribution < 1.29 is 9.15 Å². The highest BCUT2D eigenvalue weighted by molar-refractivity contribution is 5.06. The Hall–Kier alpha value is -0.870. The molecule has 0 spiro atoms. The summed E-state index contributed by atoms with van der Waals surface area (Å²) in [4.78, 5) is 4.19. The Bertz CT molecular complexity index is 295. The second-order valence-electron chi connectivity index (χ2n) is 3.93. The summed E-state index contributed by atoms with van der Waals surface area (Å²) in [6.45, 7) is 4.20. The lowest BCUT2D eigenvalue weighted by molar-refractivity contribution is 0.106. The number of rotatable bonds is 7. The van der Waals surface area contributed by atoms with E-state index in [0.29, 0.717) is 12.6 Å². The van der Waals surface area contributed by atoms with E-state index in [1.54, 1.807) is 0 Å². The minimum Gasteiger partial charge on any atom is -0.446 e. The third-order valence-electron chi connectivity index (χ3n) is 2.44. The van der Waals surface area contributed by atoms with E-state index in [1.165, 1.54) is 19.2 Å². The maximum Gasteiger partial charge on any atom is 0.181 e. The number of hydrogen-bond donors (Lipinski definition) is 1. The van der Waals surface area contributed by atoms with Crippen molar-refractivity contribution in [2.45, 2.75) is 45.4 Å². The summed E-state index contributed by atoms with van der Waals surface area (Å²) in [5, 5.41) is 3.41. The molecule has 0 aliphatic heterocycles. The Labute approximate surface area is 90.0 Å². The van der Waals surface area contributed by atoms with Crippen LogP contribution >= 0.6 is 0 Å². The van der Waals surface area contributed by atoms with Crippen LogP contribution in [0.25, 0.3) is 0 Å². The van der Waals surface area contributed by atoms with Gasteiger partial charge >= 0.3 is 0 Å². The molecule has 0 radical (unpaired) electrons. The summed E-state index contributed by atoms with van der Waals surface area (Å²) in [6, 6.07) is 0.700. The van der Waals surface area contributed by atoms with Gasteiger partial charge in [0.1, 0.15) is 6.61 Å². The highest BCUT2D eigenvalue weighted by Gasteiger charge is 2.21. The molecular formula is C11H18N2O2. The maximum atomic E-state index is 5.43. The number of nitrogens with zero attached hydrogens (tertiary/aromatic N) is 1. The van der Waals surface area contributed by atoms with Gasteiger partial charge in [-0.1, -0.05) is 6.92 Å². The minimum atomic E-state index is 0.537. The summed E-state index contributed by atoms with van der Waals surface area (Å²) in [5.74, 6) is 0.858. The van der Waals surface area contributed by atoms with Gasteiger partial charge in [0.05, 0.1) is 5.69 Å². The number of oxazole rings is 1. The Morgan fingerprint density at radius 3 is 3.20 bits per heavy atom. The van der Waals surface area contributed by atoms with Crippen LogP contribution < -0.4 is 5.32 Å². The summed E-state index contributed by atoms with van der Waals surface area (Å²) < 4.78 is 10.7. The molecule has 0 amide bonds. The van der Waals surface area contributed by atoms with Crippen LogP contribution in [0.1, 0.15) is 37.6 Å². The molecule has 1 fully saturated rings. The molecule has 4 nitrogen and oxygen atoms in total. The molecule has 2 rings (SSSR count). The first-order valence-electron chi connectivity index (χ1n) is 5.62. The third-order valence-corrected chi connectivity index (χ3v) is 2.44. The molecule has 0 aromatic carbocycles. The summed E-state index contributed by atoms with van der Waals surface area (Å²) in [7, 11) is 0. The van der Waals surface area contributed by atoms with Gasteiger partial charge in [0, 0.05) is 19.2 Å². The Balaban J connectivity index is 1.78. The predicted molar refractivity (Wildman–Crippen MR) is 56.3 cm³/mol. The van der Waals surface area contributed by atoms with Gasteiger partial charge in [-0.05, 0) is 19.3 Å². The van der Waals surface area contributed by atoms with Gasteiger partial charge in [0.2, 0.25) is 0 Å². The number of nitrogens with one attached hydrogen (secondary N) is 1. The standard InChI is InChI=1S/C11H18N2O2/c1-2-5-14-7-11-10(13-8-15-11)6-12-9-3-4-9/h8-9,12H,2-7H2,1H3. The quantitative estimate of drug-likeness (QED) is 0.698. The van der Waals surface area contributed by atoms with E-state index in [-0.39, 0.29) is 0 Å². The van der Waals surface area contributed by atoms with Crippen molar-refractivity contribution in [1.82, 2.24) is 10.3 Å². The third kappa shape index (κ3) is 3.32. The first-order chi connectivity index (χ1) is 7.40. The van der Waals surface area contributed by atoms with Gasteiger partial charge in [0.25, 0.3) is 0 Å². The molecule has 0 bridgehead atoms. The second-order valence-corrected chi connectivity index (χ2v) is 3.93. The van der Waals surface area contributed by atoms with Crippen LogP contribution in [-0.2, 0) is 17.9 Å². The van der Waals surface area contributed by atoms with E-state index in [1.807, 2.05) is 0 Å². The normalized spacial score (nSPS) is 15.8. The van der Waals surface area contributed by atoms with E-state index in [0.717, 1.165) is 31.0 Å². The van der Waals surface area contributed by atoms with Crippen LogP contribution in [0.2, 0.25) is 0 Å². The van der Waals surface area contributed by atoms with Gasteiger partial charge in [-0.2, -0.15) is 0 Å². The first kappa shape index (κ1) is 10.6. The molecule has 4 heteroatoms. The van der Waals surface area contributed by atoms with Gasteiger partial charge in [-0.3, -0.25) is 0 Å². The van der Waals surface area contributed by atoms with Crippen molar-refractivity contribution in [2.24, 2.45) is 0 Å². The van der Waals surface area contributed by atoms with Crippen LogP contribution in [0.4, 0.5) is 0 Å². The molecule has 1 aromatic rings. The van der Waals surface area contributed by atoms with Crippen molar-refractivity contribution in [3.05, 3.63) is 17.8 Å². The van der Waals surface area contributed by atoms with E-state index in [9.17, 15) is 0 Å². The fourth-order valence-corrected chi connectivity index (χ4v) is 1.39. The number of hydrogen-bond acceptors (Lipinski definition) is 4. The van der Waals surface area contributed by atoms with Crippen molar-refractivity contribution in [1.29, 1.82) is 0 Å². The Morgan fingerprint density at radius 2 is 2.47 bits per heavy atom. The zero-order chi connectivity index (χ0) is 10.5. The molecule has 84 valence electrons. The fourth-order valence-electron chi connectivity index (χ4n) is 1.39. The van der Waals surface area contributed by atoms with Gasteiger partial charge in [-0.15, -0.1) is 0 Å².